The molecule has 3 aromatic rings. The normalized spacial score (nSPS) is 16.2. The molecule has 0 atom stereocenters. The molecule has 1 aliphatic heterocycles. The van der Waals surface area contributed by atoms with Crippen LogP contribution in [0.2, 0.25) is 0 Å². The highest BCUT2D eigenvalue weighted by molar-refractivity contribution is 7.90. The molecule has 5 nitrogen and oxygen atoms in total. The minimum absolute atomic E-state index is 0.0397. The van der Waals surface area contributed by atoms with Crippen LogP contribution in [-0.2, 0) is 29.2 Å². The summed E-state index contributed by atoms with van der Waals surface area (Å²) in [6, 6.07) is 15.6. The molecule has 1 N–H and O–H groups in total. The summed E-state index contributed by atoms with van der Waals surface area (Å²) in [5.41, 5.74) is 6.61. The van der Waals surface area contributed by atoms with Crippen molar-refractivity contribution in [1.29, 1.82) is 0 Å². The average molecular weight is 421 g/mol. The van der Waals surface area contributed by atoms with E-state index in [0.717, 1.165) is 41.8 Å². The highest BCUT2D eigenvalue weighted by Gasteiger charge is 2.26. The third-order valence-corrected chi connectivity index (χ3v) is 6.97. The Morgan fingerprint density at radius 2 is 1.77 bits per heavy atom. The molecule has 30 heavy (non-hydrogen) atoms. The van der Waals surface area contributed by atoms with Crippen LogP contribution < -0.4 is 4.74 Å². The van der Waals surface area contributed by atoms with Crippen molar-refractivity contribution in [1.82, 2.24) is 9.88 Å². The molecule has 0 spiro atoms. The largest absolute Gasteiger partial charge is 0.489 e. The van der Waals surface area contributed by atoms with Crippen molar-refractivity contribution < 1.29 is 13.2 Å². The number of aromatic nitrogens is 1. The summed E-state index contributed by atoms with van der Waals surface area (Å²) in [7, 11) is -1.32. The van der Waals surface area contributed by atoms with Crippen LogP contribution in [0.15, 0.2) is 65.8 Å². The van der Waals surface area contributed by atoms with Gasteiger partial charge in [-0.15, -0.1) is 0 Å². The number of benzene rings is 2. The van der Waals surface area contributed by atoms with Crippen molar-refractivity contribution in [3.05, 3.63) is 88.9 Å². The number of ether oxygens (including phenoxy) is 1. The molecule has 0 amide bonds. The van der Waals surface area contributed by atoms with Crippen molar-refractivity contribution in [2.24, 2.45) is 0 Å². The number of hydrogen-bond donors (Lipinski definition) is 1. The van der Waals surface area contributed by atoms with Crippen LogP contribution in [0.4, 0.5) is 0 Å². The van der Waals surface area contributed by atoms with Crippen molar-refractivity contribution in [3.8, 4) is 5.75 Å². The third kappa shape index (κ3) is 3.41. The number of aromatic amines is 1. The van der Waals surface area contributed by atoms with E-state index >= 15 is 0 Å². The monoisotopic (exact) mass is 420 g/mol. The maximum atomic E-state index is 12.3. The molecule has 0 saturated carbocycles. The summed E-state index contributed by atoms with van der Waals surface area (Å²) < 4.78 is 31.0. The summed E-state index contributed by atoms with van der Waals surface area (Å²) in [6.45, 7) is 0.783. The SMILES string of the molecule is CN1C=C(c2cc(S(C)(=O)=O)ccc2OC2Cc3ccccc3C2)c2cc[nH]c2C1. The van der Waals surface area contributed by atoms with E-state index in [1.807, 2.05) is 19.3 Å². The van der Waals surface area contributed by atoms with Gasteiger partial charge in [0.2, 0.25) is 0 Å². The van der Waals surface area contributed by atoms with Gasteiger partial charge in [-0.1, -0.05) is 24.3 Å². The predicted octanol–water partition coefficient (Wildman–Crippen LogP) is 3.80. The zero-order valence-corrected chi connectivity index (χ0v) is 17.9. The molecule has 0 unspecified atom stereocenters. The van der Waals surface area contributed by atoms with Crippen LogP contribution in [0.25, 0.3) is 5.57 Å². The summed E-state index contributed by atoms with van der Waals surface area (Å²) in [5.74, 6) is 0.717. The van der Waals surface area contributed by atoms with Crippen molar-refractivity contribution >= 4 is 15.4 Å². The Bertz CT molecular complexity index is 1230. The van der Waals surface area contributed by atoms with E-state index in [0.29, 0.717) is 10.6 Å². The molecule has 0 saturated heterocycles. The summed E-state index contributed by atoms with van der Waals surface area (Å²) in [6.07, 6.45) is 6.98. The molecule has 0 radical (unpaired) electrons. The first-order valence-corrected chi connectivity index (χ1v) is 11.9. The molecule has 0 bridgehead atoms. The van der Waals surface area contributed by atoms with E-state index in [4.69, 9.17) is 4.74 Å². The number of sulfone groups is 1. The van der Waals surface area contributed by atoms with Gasteiger partial charge in [-0.3, -0.25) is 0 Å². The van der Waals surface area contributed by atoms with E-state index < -0.39 is 9.84 Å². The molecular formula is C24H24N2O3S. The number of H-pyrrole nitrogens is 1. The van der Waals surface area contributed by atoms with Crippen molar-refractivity contribution in [2.75, 3.05) is 13.3 Å². The maximum absolute atomic E-state index is 12.3. The van der Waals surface area contributed by atoms with Crippen LogP contribution in [0.3, 0.4) is 0 Å². The van der Waals surface area contributed by atoms with Gasteiger partial charge in [0.15, 0.2) is 9.84 Å². The van der Waals surface area contributed by atoms with Crippen molar-refractivity contribution in [3.63, 3.8) is 0 Å². The second-order valence-corrected chi connectivity index (χ2v) is 10.2. The molecular weight excluding hydrogens is 396 g/mol. The maximum Gasteiger partial charge on any atom is 0.175 e. The lowest BCUT2D eigenvalue weighted by Crippen LogP contribution is -2.19. The van der Waals surface area contributed by atoms with E-state index in [-0.39, 0.29) is 6.10 Å². The Hall–Kier alpha value is -2.99. The Kier molecular flexibility index (Phi) is 4.47. The topological polar surface area (TPSA) is 62.4 Å². The fourth-order valence-electron chi connectivity index (χ4n) is 4.42. The van der Waals surface area contributed by atoms with Gasteiger partial charge < -0.3 is 14.6 Å². The zero-order valence-electron chi connectivity index (χ0n) is 17.1. The first kappa shape index (κ1) is 19.0. The first-order chi connectivity index (χ1) is 14.4. The molecule has 2 heterocycles. The van der Waals surface area contributed by atoms with Crippen LogP contribution in [0, 0.1) is 0 Å². The number of nitrogens with one attached hydrogen (secondary N) is 1. The van der Waals surface area contributed by atoms with Gasteiger partial charge in [0.05, 0.1) is 11.4 Å². The first-order valence-electron chi connectivity index (χ1n) is 10.0. The summed E-state index contributed by atoms with van der Waals surface area (Å²) >= 11 is 0. The third-order valence-electron chi connectivity index (χ3n) is 5.86. The molecule has 2 aliphatic rings. The van der Waals surface area contributed by atoms with E-state index in [2.05, 4.69) is 40.3 Å². The fourth-order valence-corrected chi connectivity index (χ4v) is 5.07. The Morgan fingerprint density at radius 3 is 2.47 bits per heavy atom. The summed E-state index contributed by atoms with van der Waals surface area (Å²) in [4.78, 5) is 5.69. The lowest BCUT2D eigenvalue weighted by Gasteiger charge is -2.25. The lowest BCUT2D eigenvalue weighted by molar-refractivity contribution is 0.213. The summed E-state index contributed by atoms with van der Waals surface area (Å²) in [5, 5.41) is 0. The molecule has 1 aliphatic carbocycles. The lowest BCUT2D eigenvalue weighted by atomic mass is 9.95. The van der Waals surface area contributed by atoms with E-state index in [1.54, 1.807) is 18.2 Å². The molecule has 2 aromatic carbocycles. The van der Waals surface area contributed by atoms with Gasteiger partial charge in [0.25, 0.3) is 0 Å². The van der Waals surface area contributed by atoms with Crippen LogP contribution in [-0.4, -0.2) is 37.7 Å². The smallest absolute Gasteiger partial charge is 0.175 e. The van der Waals surface area contributed by atoms with Gasteiger partial charge in [0, 0.05) is 60.9 Å². The quantitative estimate of drug-likeness (QED) is 0.697. The average Bonchev–Trinajstić information content (AvgIpc) is 3.32. The van der Waals surface area contributed by atoms with Gasteiger partial charge in [-0.25, -0.2) is 8.42 Å². The van der Waals surface area contributed by atoms with Crippen LogP contribution in [0.5, 0.6) is 5.75 Å². The predicted molar refractivity (Wildman–Crippen MR) is 117 cm³/mol. The number of fused-ring (bicyclic) bond motifs is 2. The Labute approximate surface area is 176 Å². The van der Waals surface area contributed by atoms with E-state index in [9.17, 15) is 8.42 Å². The van der Waals surface area contributed by atoms with Crippen LogP contribution in [0.1, 0.15) is 27.9 Å². The van der Waals surface area contributed by atoms with E-state index in [1.165, 1.54) is 17.4 Å². The molecule has 1 aromatic heterocycles. The van der Waals surface area contributed by atoms with Gasteiger partial charge in [0.1, 0.15) is 11.9 Å². The number of hydrogen-bond acceptors (Lipinski definition) is 4. The zero-order chi connectivity index (χ0) is 20.9. The standard InChI is InChI=1S/C24H24N2O3S/c1-26-14-22(20-9-10-25-23(20)15-26)21-13-19(30(2,27)28)7-8-24(21)29-18-11-16-5-3-4-6-17(16)12-18/h3-10,13-14,18,25H,11-12,15H2,1-2H3. The highest BCUT2D eigenvalue weighted by atomic mass is 32.2. The Balaban J connectivity index is 1.57. The van der Waals surface area contributed by atoms with Gasteiger partial charge in [-0.2, -0.15) is 0 Å². The second-order valence-electron chi connectivity index (χ2n) is 8.17. The minimum Gasteiger partial charge on any atom is -0.489 e. The molecule has 6 heteroatoms. The molecule has 5 rings (SSSR count). The van der Waals surface area contributed by atoms with Gasteiger partial charge in [-0.05, 0) is 35.4 Å². The Morgan fingerprint density at radius 1 is 1.03 bits per heavy atom. The van der Waals surface area contributed by atoms with Crippen molar-refractivity contribution in [2.45, 2.75) is 30.4 Å². The minimum atomic E-state index is -3.33. The number of rotatable bonds is 4. The van der Waals surface area contributed by atoms with Crippen LogP contribution >= 0.6 is 0 Å². The molecule has 0 fully saturated rings. The molecule has 154 valence electrons. The fraction of sp³-hybridized carbons (Fsp3) is 0.250. The number of nitrogens with zero attached hydrogens (tertiary/aromatic N) is 1. The second kappa shape index (κ2) is 7.06. The van der Waals surface area contributed by atoms with Gasteiger partial charge >= 0.3 is 0 Å². The highest BCUT2D eigenvalue weighted by Crippen LogP contribution is 2.38.